The average molecular weight is 581 g/mol. The van der Waals surface area contributed by atoms with E-state index >= 15 is 0 Å². The molecule has 1 aliphatic carbocycles. The van der Waals surface area contributed by atoms with Crippen molar-refractivity contribution in [2.24, 2.45) is 0 Å². The summed E-state index contributed by atoms with van der Waals surface area (Å²) in [5, 5.41) is 20.5. The summed E-state index contributed by atoms with van der Waals surface area (Å²) >= 11 is 0. The first-order chi connectivity index (χ1) is 20.3. The maximum atomic E-state index is 13.2. The van der Waals surface area contributed by atoms with Gasteiger partial charge in [-0.1, -0.05) is 13.0 Å². The van der Waals surface area contributed by atoms with Crippen molar-refractivity contribution in [3.8, 4) is 5.75 Å². The SMILES string of the molecule is CCCN(C)c1cc(C(=O)NC[C@H](O)CN2CCc3c(ccc(OCC4OCNC4C)c3C)C2)cc(NC2CCC2)n1. The zero-order valence-corrected chi connectivity index (χ0v) is 25.6. The molecule has 10 nitrogen and oxygen atoms in total. The summed E-state index contributed by atoms with van der Waals surface area (Å²) in [6.45, 7) is 10.6. The maximum absolute atomic E-state index is 13.2. The molecule has 2 unspecified atom stereocenters. The first kappa shape index (κ1) is 30.5. The van der Waals surface area contributed by atoms with Crippen molar-refractivity contribution in [3.05, 3.63) is 46.5 Å². The minimum atomic E-state index is -0.669. The Kier molecular flexibility index (Phi) is 10.2. The van der Waals surface area contributed by atoms with Crippen LogP contribution in [0.3, 0.4) is 0 Å². The molecule has 2 aromatic rings. The lowest BCUT2D eigenvalue weighted by Crippen LogP contribution is -2.42. The van der Waals surface area contributed by atoms with Crippen LogP contribution in [-0.4, -0.2) is 91.8 Å². The van der Waals surface area contributed by atoms with E-state index in [1.165, 1.54) is 23.1 Å². The highest BCUT2D eigenvalue weighted by Crippen LogP contribution is 2.30. The van der Waals surface area contributed by atoms with Crippen LogP contribution in [0.4, 0.5) is 11.6 Å². The largest absolute Gasteiger partial charge is 0.491 e. The number of aliphatic hydroxyl groups is 1. The lowest BCUT2D eigenvalue weighted by molar-refractivity contribution is 0.0620. The van der Waals surface area contributed by atoms with Gasteiger partial charge in [0, 0.05) is 57.4 Å². The van der Waals surface area contributed by atoms with Crippen LogP contribution in [0.1, 0.15) is 66.6 Å². The van der Waals surface area contributed by atoms with Gasteiger partial charge in [-0.15, -0.1) is 0 Å². The molecule has 3 heterocycles. The highest BCUT2D eigenvalue weighted by atomic mass is 16.5. The van der Waals surface area contributed by atoms with Crippen LogP contribution >= 0.6 is 0 Å². The second-order valence-electron chi connectivity index (χ2n) is 12.1. The summed E-state index contributed by atoms with van der Waals surface area (Å²) in [5.41, 5.74) is 4.34. The van der Waals surface area contributed by atoms with Crippen LogP contribution in [0.15, 0.2) is 24.3 Å². The highest BCUT2D eigenvalue weighted by molar-refractivity contribution is 5.95. The smallest absolute Gasteiger partial charge is 0.251 e. The molecule has 10 heteroatoms. The number of β-amino-alcohol motifs (C(OH)–C–C–N with tert-alkyl or cyclic N) is 1. The lowest BCUT2D eigenvalue weighted by Gasteiger charge is -2.32. The van der Waals surface area contributed by atoms with Gasteiger partial charge in [0.05, 0.1) is 12.8 Å². The zero-order chi connectivity index (χ0) is 29.6. The van der Waals surface area contributed by atoms with Crippen molar-refractivity contribution >= 4 is 17.5 Å². The number of hydrogen-bond acceptors (Lipinski definition) is 9. The fraction of sp³-hybridized carbons (Fsp3) is 0.625. The number of carbonyl (C=O) groups is 1. The number of anilines is 2. The minimum absolute atomic E-state index is 0.0620. The molecule has 0 radical (unpaired) electrons. The van der Waals surface area contributed by atoms with Crippen molar-refractivity contribution in [1.82, 2.24) is 20.5 Å². The molecule has 1 amide bonds. The molecule has 2 aliphatic heterocycles. The normalized spacial score (nSPS) is 21.4. The molecule has 1 saturated heterocycles. The summed E-state index contributed by atoms with van der Waals surface area (Å²) in [4.78, 5) is 22.2. The molecule has 0 spiro atoms. The number of aliphatic hydroxyl groups excluding tert-OH is 1. The second kappa shape index (κ2) is 14.0. The van der Waals surface area contributed by atoms with Crippen LogP contribution in [0.25, 0.3) is 0 Å². The minimum Gasteiger partial charge on any atom is -0.491 e. The number of rotatable bonds is 13. The van der Waals surface area contributed by atoms with Gasteiger partial charge in [-0.2, -0.15) is 0 Å². The Morgan fingerprint density at radius 2 is 2.17 bits per heavy atom. The fourth-order valence-electron chi connectivity index (χ4n) is 5.92. The van der Waals surface area contributed by atoms with E-state index in [4.69, 9.17) is 14.5 Å². The summed E-state index contributed by atoms with van der Waals surface area (Å²) in [6, 6.07) is 8.56. The third-order valence-electron chi connectivity index (χ3n) is 8.83. The summed E-state index contributed by atoms with van der Waals surface area (Å²) in [7, 11) is 2.00. The van der Waals surface area contributed by atoms with E-state index in [0.29, 0.717) is 31.5 Å². The van der Waals surface area contributed by atoms with E-state index in [1.807, 2.05) is 19.2 Å². The van der Waals surface area contributed by atoms with Crippen LogP contribution in [0, 0.1) is 6.92 Å². The Morgan fingerprint density at radius 1 is 1.33 bits per heavy atom. The van der Waals surface area contributed by atoms with Crippen molar-refractivity contribution in [1.29, 1.82) is 0 Å². The van der Waals surface area contributed by atoms with Crippen LogP contribution < -0.4 is 25.6 Å². The Labute approximate surface area is 250 Å². The predicted molar refractivity (Wildman–Crippen MR) is 165 cm³/mol. The topological polar surface area (TPSA) is 111 Å². The summed E-state index contributed by atoms with van der Waals surface area (Å²) in [6.07, 6.45) is 4.78. The maximum Gasteiger partial charge on any atom is 0.251 e. The van der Waals surface area contributed by atoms with Gasteiger partial charge < -0.3 is 30.1 Å². The number of nitrogens with zero attached hydrogens (tertiary/aromatic N) is 3. The van der Waals surface area contributed by atoms with Crippen molar-refractivity contribution in [3.63, 3.8) is 0 Å². The molecule has 1 aromatic carbocycles. The summed E-state index contributed by atoms with van der Waals surface area (Å²) in [5.74, 6) is 2.24. The van der Waals surface area contributed by atoms with Crippen molar-refractivity contribution in [2.75, 3.05) is 56.8 Å². The molecular weight excluding hydrogens is 532 g/mol. The molecule has 1 aromatic heterocycles. The first-order valence-corrected chi connectivity index (χ1v) is 15.6. The molecule has 230 valence electrons. The third kappa shape index (κ3) is 7.53. The predicted octanol–water partition coefficient (Wildman–Crippen LogP) is 3.06. The number of hydrogen-bond donors (Lipinski definition) is 4. The number of fused-ring (bicyclic) bond motifs is 1. The Balaban J connectivity index is 1.13. The van der Waals surface area contributed by atoms with Gasteiger partial charge in [-0.25, -0.2) is 4.98 Å². The Morgan fingerprint density at radius 3 is 2.88 bits per heavy atom. The van der Waals surface area contributed by atoms with Gasteiger partial charge in [0.1, 0.15) is 30.1 Å². The molecule has 2 fully saturated rings. The van der Waals surface area contributed by atoms with Gasteiger partial charge in [0.25, 0.3) is 5.91 Å². The molecule has 1 saturated carbocycles. The summed E-state index contributed by atoms with van der Waals surface area (Å²) < 4.78 is 11.8. The zero-order valence-electron chi connectivity index (χ0n) is 25.6. The number of nitrogens with one attached hydrogen (secondary N) is 3. The fourth-order valence-corrected chi connectivity index (χ4v) is 5.92. The van der Waals surface area contributed by atoms with E-state index in [9.17, 15) is 9.90 Å². The monoisotopic (exact) mass is 580 g/mol. The molecule has 42 heavy (non-hydrogen) atoms. The molecule has 0 bridgehead atoms. The number of benzene rings is 1. The molecule has 5 rings (SSSR count). The van der Waals surface area contributed by atoms with Crippen LogP contribution in [0.5, 0.6) is 5.75 Å². The average Bonchev–Trinajstić information content (AvgIpc) is 3.37. The van der Waals surface area contributed by atoms with Crippen molar-refractivity contribution < 1.29 is 19.4 Å². The Hall–Kier alpha value is -2.92. The molecule has 3 atom stereocenters. The number of carbonyl (C=O) groups excluding carboxylic acids is 1. The lowest BCUT2D eigenvalue weighted by atomic mass is 9.93. The van der Waals surface area contributed by atoms with E-state index in [0.717, 1.165) is 62.7 Å². The van der Waals surface area contributed by atoms with Crippen LogP contribution in [0.2, 0.25) is 0 Å². The van der Waals surface area contributed by atoms with Crippen molar-refractivity contribution in [2.45, 2.75) is 83.7 Å². The standard InChI is InChI=1S/C32H48N6O4/c1-5-12-37(4)31-15-24(14-30(36-31)35-25-7-6-8-25)32(40)33-16-26(39)18-38-13-11-27-21(2)28(10-9-23(27)17-38)41-19-29-22(3)34-20-42-29/h9-10,14-15,22,25-26,29,34,39H,5-8,11-13,16-20H2,1-4H3,(H,33,40)(H,35,36)/t22?,26-,29?/m0/s1. The number of amides is 1. The van der Waals surface area contributed by atoms with Crippen LogP contribution in [-0.2, 0) is 17.7 Å². The molecule has 3 aliphatic rings. The van der Waals surface area contributed by atoms with Gasteiger partial charge >= 0.3 is 0 Å². The van der Waals surface area contributed by atoms with Gasteiger partial charge in [-0.05, 0) is 80.8 Å². The first-order valence-electron chi connectivity index (χ1n) is 15.6. The van der Waals surface area contributed by atoms with E-state index in [1.54, 1.807) is 0 Å². The number of pyridine rings is 1. The third-order valence-corrected chi connectivity index (χ3v) is 8.83. The van der Waals surface area contributed by atoms with Gasteiger partial charge in [0.15, 0.2) is 0 Å². The van der Waals surface area contributed by atoms with Gasteiger partial charge in [0.2, 0.25) is 0 Å². The Bertz CT molecular complexity index is 1220. The van der Waals surface area contributed by atoms with E-state index < -0.39 is 6.10 Å². The molecule has 4 N–H and O–H groups in total. The van der Waals surface area contributed by atoms with Gasteiger partial charge in [-0.3, -0.25) is 15.0 Å². The highest BCUT2D eigenvalue weighted by Gasteiger charge is 2.26. The number of ether oxygens (including phenoxy) is 2. The quantitative estimate of drug-likeness (QED) is 0.284. The number of aromatic nitrogens is 1. The van der Waals surface area contributed by atoms with E-state index in [-0.39, 0.29) is 24.6 Å². The molecular formula is C32H48N6O4. The van der Waals surface area contributed by atoms with E-state index in [2.05, 4.69) is 58.7 Å². The second-order valence-corrected chi connectivity index (χ2v) is 12.1.